The van der Waals surface area contributed by atoms with Crippen molar-refractivity contribution >= 4 is 0 Å². The molecular weight excluding hydrogens is 254 g/mol. The predicted octanol–water partition coefficient (Wildman–Crippen LogP) is 2.84. The van der Waals surface area contributed by atoms with Crippen molar-refractivity contribution < 1.29 is 14.2 Å². The van der Waals surface area contributed by atoms with E-state index in [9.17, 15) is 0 Å². The maximum atomic E-state index is 5.83. The maximum Gasteiger partial charge on any atom is 0.123 e. The summed E-state index contributed by atoms with van der Waals surface area (Å²) in [6, 6.07) is 11.6. The fourth-order valence-electron chi connectivity index (χ4n) is 2.11. The molecule has 0 unspecified atom stereocenters. The van der Waals surface area contributed by atoms with Crippen LogP contribution in [-0.2, 0) is 6.54 Å². The predicted molar refractivity (Wildman–Crippen MR) is 79.4 cm³/mol. The molecule has 106 valence electrons. The molecule has 0 spiro atoms. The van der Waals surface area contributed by atoms with Crippen LogP contribution in [0.5, 0.6) is 17.2 Å². The van der Waals surface area contributed by atoms with Crippen molar-refractivity contribution in [2.45, 2.75) is 6.54 Å². The summed E-state index contributed by atoms with van der Waals surface area (Å²) in [5.41, 5.74) is 8.90. The van der Waals surface area contributed by atoms with E-state index in [1.54, 1.807) is 21.3 Å². The van der Waals surface area contributed by atoms with Gasteiger partial charge in [-0.25, -0.2) is 0 Å². The molecule has 0 atom stereocenters. The highest BCUT2D eigenvalue weighted by Gasteiger charge is 2.09. The lowest BCUT2D eigenvalue weighted by Crippen LogP contribution is -2.00. The average Bonchev–Trinajstić information content (AvgIpc) is 2.53. The normalized spacial score (nSPS) is 10.2. The molecule has 2 aromatic carbocycles. The second kappa shape index (κ2) is 6.30. The molecule has 2 N–H and O–H groups in total. The number of hydrogen-bond acceptors (Lipinski definition) is 4. The molecule has 0 fully saturated rings. The molecule has 2 aromatic rings. The van der Waals surface area contributed by atoms with Gasteiger partial charge in [-0.2, -0.15) is 0 Å². The molecule has 20 heavy (non-hydrogen) atoms. The van der Waals surface area contributed by atoms with Crippen LogP contribution < -0.4 is 19.9 Å². The third kappa shape index (κ3) is 2.86. The van der Waals surface area contributed by atoms with Crippen LogP contribution in [0.1, 0.15) is 5.56 Å². The first-order valence-corrected chi connectivity index (χ1v) is 6.32. The molecule has 0 amide bonds. The standard InChI is InChI=1S/C16H19NO3/c1-18-13-4-5-16(12(8-13)10-17)11-6-14(19-2)9-15(7-11)20-3/h4-9H,10,17H2,1-3H3. The Morgan fingerprint density at radius 1 is 0.800 bits per heavy atom. The summed E-state index contributed by atoms with van der Waals surface area (Å²) in [5, 5.41) is 0. The van der Waals surface area contributed by atoms with Crippen molar-refractivity contribution in [3.05, 3.63) is 42.0 Å². The zero-order chi connectivity index (χ0) is 14.5. The van der Waals surface area contributed by atoms with Gasteiger partial charge in [-0.15, -0.1) is 0 Å². The Morgan fingerprint density at radius 3 is 1.90 bits per heavy atom. The van der Waals surface area contributed by atoms with Crippen molar-refractivity contribution in [3.8, 4) is 28.4 Å². The molecule has 0 aliphatic carbocycles. The number of ether oxygens (including phenoxy) is 3. The summed E-state index contributed by atoms with van der Waals surface area (Å²) in [6.45, 7) is 0.437. The second-order valence-electron chi connectivity index (χ2n) is 4.33. The van der Waals surface area contributed by atoms with Gasteiger partial charge in [-0.05, 0) is 41.0 Å². The fourth-order valence-corrected chi connectivity index (χ4v) is 2.11. The first-order chi connectivity index (χ1) is 9.71. The maximum absolute atomic E-state index is 5.83. The largest absolute Gasteiger partial charge is 0.497 e. The first-order valence-electron chi connectivity index (χ1n) is 6.32. The van der Waals surface area contributed by atoms with Crippen molar-refractivity contribution in [2.24, 2.45) is 5.73 Å². The van der Waals surface area contributed by atoms with E-state index in [4.69, 9.17) is 19.9 Å². The quantitative estimate of drug-likeness (QED) is 0.910. The van der Waals surface area contributed by atoms with Gasteiger partial charge in [0.25, 0.3) is 0 Å². The van der Waals surface area contributed by atoms with E-state index in [1.807, 2.05) is 36.4 Å². The number of rotatable bonds is 5. The van der Waals surface area contributed by atoms with Crippen LogP contribution in [0.2, 0.25) is 0 Å². The molecule has 0 aromatic heterocycles. The van der Waals surface area contributed by atoms with Crippen molar-refractivity contribution in [2.75, 3.05) is 21.3 Å². The average molecular weight is 273 g/mol. The molecule has 2 rings (SSSR count). The lowest BCUT2D eigenvalue weighted by Gasteiger charge is -2.13. The highest BCUT2D eigenvalue weighted by atomic mass is 16.5. The summed E-state index contributed by atoms with van der Waals surface area (Å²) < 4.78 is 15.8. The van der Waals surface area contributed by atoms with E-state index in [1.165, 1.54) is 0 Å². The monoisotopic (exact) mass is 273 g/mol. The SMILES string of the molecule is COc1cc(OC)cc(-c2ccc(OC)cc2CN)c1. The van der Waals surface area contributed by atoms with E-state index >= 15 is 0 Å². The van der Waals surface area contributed by atoms with Crippen molar-refractivity contribution in [3.63, 3.8) is 0 Å². The number of benzene rings is 2. The van der Waals surface area contributed by atoms with Crippen LogP contribution in [0, 0.1) is 0 Å². The molecule has 0 heterocycles. The minimum atomic E-state index is 0.437. The van der Waals surface area contributed by atoms with E-state index in [0.29, 0.717) is 6.54 Å². The lowest BCUT2D eigenvalue weighted by atomic mass is 9.99. The van der Waals surface area contributed by atoms with Crippen LogP contribution in [0.4, 0.5) is 0 Å². The smallest absolute Gasteiger partial charge is 0.123 e. The van der Waals surface area contributed by atoms with Gasteiger partial charge in [0, 0.05) is 12.6 Å². The first kappa shape index (κ1) is 14.2. The Hall–Kier alpha value is -2.20. The van der Waals surface area contributed by atoms with Crippen LogP contribution in [0.3, 0.4) is 0 Å². The topological polar surface area (TPSA) is 53.7 Å². The summed E-state index contributed by atoms with van der Waals surface area (Å²) in [6.07, 6.45) is 0. The molecule has 0 saturated carbocycles. The number of methoxy groups -OCH3 is 3. The Morgan fingerprint density at radius 2 is 1.40 bits per heavy atom. The van der Waals surface area contributed by atoms with Gasteiger partial charge in [0.2, 0.25) is 0 Å². The summed E-state index contributed by atoms with van der Waals surface area (Å²) in [7, 11) is 4.91. The third-order valence-corrected chi connectivity index (χ3v) is 3.19. The van der Waals surface area contributed by atoms with Crippen molar-refractivity contribution in [1.82, 2.24) is 0 Å². The van der Waals surface area contributed by atoms with Gasteiger partial charge < -0.3 is 19.9 Å². The van der Waals surface area contributed by atoms with E-state index < -0.39 is 0 Å². The molecule has 0 radical (unpaired) electrons. The molecule has 4 heteroatoms. The number of hydrogen-bond donors (Lipinski definition) is 1. The van der Waals surface area contributed by atoms with E-state index in [2.05, 4.69) is 0 Å². The Balaban J connectivity index is 2.55. The molecule has 0 bridgehead atoms. The summed E-state index contributed by atoms with van der Waals surface area (Å²) in [5.74, 6) is 2.29. The van der Waals surface area contributed by atoms with Crippen LogP contribution in [-0.4, -0.2) is 21.3 Å². The van der Waals surface area contributed by atoms with Crippen LogP contribution >= 0.6 is 0 Å². The summed E-state index contributed by atoms with van der Waals surface area (Å²) in [4.78, 5) is 0. The van der Waals surface area contributed by atoms with Gasteiger partial charge in [0.05, 0.1) is 21.3 Å². The summed E-state index contributed by atoms with van der Waals surface area (Å²) >= 11 is 0. The van der Waals surface area contributed by atoms with E-state index in [0.717, 1.165) is 33.9 Å². The highest BCUT2D eigenvalue weighted by Crippen LogP contribution is 2.33. The second-order valence-corrected chi connectivity index (χ2v) is 4.33. The molecule has 0 saturated heterocycles. The lowest BCUT2D eigenvalue weighted by molar-refractivity contribution is 0.394. The zero-order valence-electron chi connectivity index (χ0n) is 12.0. The highest BCUT2D eigenvalue weighted by molar-refractivity contribution is 5.71. The molecular formula is C16H19NO3. The van der Waals surface area contributed by atoms with Gasteiger partial charge in [-0.3, -0.25) is 0 Å². The van der Waals surface area contributed by atoms with Gasteiger partial charge >= 0.3 is 0 Å². The van der Waals surface area contributed by atoms with Crippen LogP contribution in [0.25, 0.3) is 11.1 Å². The van der Waals surface area contributed by atoms with Gasteiger partial charge in [0.15, 0.2) is 0 Å². The third-order valence-electron chi connectivity index (χ3n) is 3.19. The number of nitrogens with two attached hydrogens (primary N) is 1. The molecule has 4 nitrogen and oxygen atoms in total. The van der Waals surface area contributed by atoms with Gasteiger partial charge in [0.1, 0.15) is 17.2 Å². The Bertz CT molecular complexity index is 574. The molecule has 0 aliphatic heterocycles. The zero-order valence-corrected chi connectivity index (χ0v) is 12.0. The van der Waals surface area contributed by atoms with Crippen LogP contribution in [0.15, 0.2) is 36.4 Å². The van der Waals surface area contributed by atoms with Gasteiger partial charge in [-0.1, -0.05) is 6.07 Å². The minimum absolute atomic E-state index is 0.437. The Kier molecular flexibility index (Phi) is 4.48. The Labute approximate surface area is 119 Å². The van der Waals surface area contributed by atoms with Crippen molar-refractivity contribution in [1.29, 1.82) is 0 Å². The fraction of sp³-hybridized carbons (Fsp3) is 0.250. The minimum Gasteiger partial charge on any atom is -0.497 e. The van der Waals surface area contributed by atoms with E-state index in [-0.39, 0.29) is 0 Å². The molecule has 0 aliphatic rings.